The minimum atomic E-state index is -0.411. The summed E-state index contributed by atoms with van der Waals surface area (Å²) in [7, 11) is 0. The summed E-state index contributed by atoms with van der Waals surface area (Å²) in [5.74, 6) is -0.116. The van der Waals surface area contributed by atoms with Crippen LogP contribution in [-0.2, 0) is 25.6 Å². The van der Waals surface area contributed by atoms with E-state index in [9.17, 15) is 4.79 Å². The predicted molar refractivity (Wildman–Crippen MR) is 100 cm³/mol. The maximum Gasteiger partial charge on any atom is 0.253 e. The van der Waals surface area contributed by atoms with Crippen molar-refractivity contribution < 1.29 is 19.0 Å². The lowest BCUT2D eigenvalue weighted by Crippen LogP contribution is -2.29. The largest absolute Gasteiger partial charge is 0.376 e. The van der Waals surface area contributed by atoms with Gasteiger partial charge in [0.1, 0.15) is 6.10 Å². The van der Waals surface area contributed by atoms with Crippen LogP contribution < -0.4 is 11.1 Å². The molecule has 0 unspecified atom stereocenters. The van der Waals surface area contributed by atoms with E-state index in [0.717, 1.165) is 17.7 Å². The van der Waals surface area contributed by atoms with E-state index in [2.05, 4.69) is 5.32 Å². The van der Waals surface area contributed by atoms with Gasteiger partial charge in [0, 0.05) is 12.2 Å². The molecule has 0 aliphatic carbocycles. The molecule has 1 heterocycles. The molecule has 1 fully saturated rings. The molecular formula is C18H29ClN2O4. The Bertz CT molecular complexity index is 528. The van der Waals surface area contributed by atoms with Crippen LogP contribution in [-0.4, -0.2) is 44.0 Å². The second-order valence-electron chi connectivity index (χ2n) is 6.22. The topological polar surface area (TPSA) is 82.8 Å². The summed E-state index contributed by atoms with van der Waals surface area (Å²) < 4.78 is 16.6. The number of benzene rings is 1. The van der Waals surface area contributed by atoms with E-state index in [4.69, 9.17) is 19.9 Å². The lowest BCUT2D eigenvalue weighted by molar-refractivity contribution is -0.126. The average molecular weight is 373 g/mol. The number of nitrogens with two attached hydrogens (primary N) is 1. The Labute approximate surface area is 155 Å². The van der Waals surface area contributed by atoms with Crippen LogP contribution in [0.15, 0.2) is 24.3 Å². The summed E-state index contributed by atoms with van der Waals surface area (Å²) in [6.07, 6.45) is 1.34. The fraction of sp³-hybridized carbons (Fsp3) is 0.611. The monoisotopic (exact) mass is 372 g/mol. The van der Waals surface area contributed by atoms with Gasteiger partial charge in [-0.05, 0) is 44.4 Å². The van der Waals surface area contributed by atoms with E-state index in [0.29, 0.717) is 32.8 Å². The predicted octanol–water partition coefficient (Wildman–Crippen LogP) is 2.49. The molecule has 1 aromatic carbocycles. The Morgan fingerprint density at radius 3 is 2.84 bits per heavy atom. The number of rotatable bonds is 9. The fourth-order valence-electron chi connectivity index (χ4n) is 2.57. The summed E-state index contributed by atoms with van der Waals surface area (Å²) in [6, 6.07) is 7.64. The number of nitrogens with one attached hydrogen (secondary N) is 1. The first-order valence-corrected chi connectivity index (χ1v) is 8.53. The number of halogens is 1. The van der Waals surface area contributed by atoms with Crippen molar-refractivity contribution in [2.24, 2.45) is 5.73 Å². The molecule has 2 rings (SSSR count). The van der Waals surface area contributed by atoms with Gasteiger partial charge in [0.25, 0.3) is 5.91 Å². The number of hydrogen-bond acceptors (Lipinski definition) is 5. The van der Waals surface area contributed by atoms with Gasteiger partial charge in [-0.1, -0.05) is 12.1 Å². The van der Waals surface area contributed by atoms with Gasteiger partial charge in [-0.25, -0.2) is 0 Å². The number of carbonyl (C=O) groups excluding carboxylic acids is 1. The van der Waals surface area contributed by atoms with Gasteiger partial charge < -0.3 is 25.3 Å². The van der Waals surface area contributed by atoms with E-state index >= 15 is 0 Å². The van der Waals surface area contributed by atoms with Crippen molar-refractivity contribution in [3.63, 3.8) is 0 Å². The molecule has 0 radical (unpaired) electrons. The van der Waals surface area contributed by atoms with Gasteiger partial charge >= 0.3 is 0 Å². The van der Waals surface area contributed by atoms with Crippen molar-refractivity contribution in [2.45, 2.75) is 51.6 Å². The van der Waals surface area contributed by atoms with Gasteiger partial charge in [0.05, 0.1) is 32.0 Å². The molecule has 1 aliphatic rings. The molecule has 1 amide bonds. The molecule has 1 aliphatic heterocycles. The molecule has 7 heteroatoms. The van der Waals surface area contributed by atoms with Gasteiger partial charge in [-0.15, -0.1) is 12.4 Å². The number of anilines is 1. The summed E-state index contributed by atoms with van der Waals surface area (Å²) in [4.78, 5) is 12.2. The maximum atomic E-state index is 12.2. The number of amides is 1. The van der Waals surface area contributed by atoms with Crippen LogP contribution in [0.4, 0.5) is 5.69 Å². The Hall–Kier alpha value is -1.18. The van der Waals surface area contributed by atoms with Gasteiger partial charge in [-0.3, -0.25) is 4.79 Å². The summed E-state index contributed by atoms with van der Waals surface area (Å²) in [5.41, 5.74) is 7.33. The van der Waals surface area contributed by atoms with Crippen LogP contribution >= 0.6 is 12.4 Å². The van der Waals surface area contributed by atoms with Crippen molar-refractivity contribution in [3.05, 3.63) is 29.8 Å². The number of carbonyl (C=O) groups is 1. The van der Waals surface area contributed by atoms with Crippen LogP contribution in [0.5, 0.6) is 0 Å². The molecular weight excluding hydrogens is 344 g/mol. The van der Waals surface area contributed by atoms with Crippen molar-refractivity contribution in [3.8, 4) is 0 Å². The van der Waals surface area contributed by atoms with Crippen LogP contribution in [0.1, 0.15) is 32.3 Å². The van der Waals surface area contributed by atoms with Crippen molar-refractivity contribution in [1.82, 2.24) is 0 Å². The summed E-state index contributed by atoms with van der Waals surface area (Å²) in [6.45, 7) is 6.06. The number of hydrogen-bond donors (Lipinski definition) is 2. The first-order valence-electron chi connectivity index (χ1n) is 8.53. The molecule has 142 valence electrons. The molecule has 6 nitrogen and oxygen atoms in total. The van der Waals surface area contributed by atoms with E-state index in [1.165, 1.54) is 0 Å². The quantitative estimate of drug-likeness (QED) is 0.651. The second-order valence-corrected chi connectivity index (χ2v) is 6.22. The fourth-order valence-corrected chi connectivity index (χ4v) is 2.57. The maximum absolute atomic E-state index is 12.2. The second kappa shape index (κ2) is 11.4. The number of ether oxygens (including phenoxy) is 3. The highest BCUT2D eigenvalue weighted by Crippen LogP contribution is 2.21. The zero-order chi connectivity index (χ0) is 17.4. The SMILES string of the molecule is CC(C)OCCOCc1cccc(NC(=O)[C@@H]2CC[C@H](CN)O2)c1.Cl. The summed E-state index contributed by atoms with van der Waals surface area (Å²) in [5, 5.41) is 2.90. The Kier molecular flexibility index (Phi) is 10.0. The van der Waals surface area contributed by atoms with E-state index in [1.54, 1.807) is 0 Å². The van der Waals surface area contributed by atoms with E-state index in [-0.39, 0.29) is 30.5 Å². The average Bonchev–Trinajstić information content (AvgIpc) is 3.04. The molecule has 0 saturated carbocycles. The molecule has 25 heavy (non-hydrogen) atoms. The van der Waals surface area contributed by atoms with Gasteiger partial charge in [0.15, 0.2) is 0 Å². The van der Waals surface area contributed by atoms with E-state index < -0.39 is 6.10 Å². The molecule has 1 aromatic rings. The minimum Gasteiger partial charge on any atom is -0.376 e. The normalized spacial score (nSPS) is 19.7. The highest BCUT2D eigenvalue weighted by atomic mass is 35.5. The third-order valence-corrected chi connectivity index (χ3v) is 3.80. The third-order valence-electron chi connectivity index (χ3n) is 3.80. The molecule has 2 atom stereocenters. The minimum absolute atomic E-state index is 0. The molecule has 0 spiro atoms. The first kappa shape index (κ1) is 21.9. The van der Waals surface area contributed by atoms with E-state index in [1.807, 2.05) is 38.1 Å². The Morgan fingerprint density at radius 1 is 1.36 bits per heavy atom. The van der Waals surface area contributed by atoms with Crippen LogP contribution in [0, 0.1) is 0 Å². The standard InChI is InChI=1S/C18H28N2O4.ClH/c1-13(2)23-9-8-22-12-14-4-3-5-15(10-14)20-18(21)17-7-6-16(11-19)24-17;/h3-5,10,13,16-17H,6-9,11-12,19H2,1-2H3,(H,20,21);1H/t16-,17+;/m1./s1. The van der Waals surface area contributed by atoms with Crippen molar-refractivity contribution in [2.75, 3.05) is 25.1 Å². The van der Waals surface area contributed by atoms with Crippen molar-refractivity contribution >= 4 is 24.0 Å². The van der Waals surface area contributed by atoms with Gasteiger partial charge in [-0.2, -0.15) is 0 Å². The third kappa shape index (κ3) is 7.71. The highest BCUT2D eigenvalue weighted by Gasteiger charge is 2.29. The molecule has 0 bridgehead atoms. The van der Waals surface area contributed by atoms with Crippen LogP contribution in [0.25, 0.3) is 0 Å². The van der Waals surface area contributed by atoms with Crippen molar-refractivity contribution in [1.29, 1.82) is 0 Å². The lowest BCUT2D eigenvalue weighted by atomic mass is 10.1. The van der Waals surface area contributed by atoms with Gasteiger partial charge in [0.2, 0.25) is 0 Å². The smallest absolute Gasteiger partial charge is 0.253 e. The van der Waals surface area contributed by atoms with Crippen LogP contribution in [0.3, 0.4) is 0 Å². The lowest BCUT2D eigenvalue weighted by Gasteiger charge is -2.13. The molecule has 1 saturated heterocycles. The molecule has 0 aromatic heterocycles. The Morgan fingerprint density at radius 2 is 2.16 bits per heavy atom. The van der Waals surface area contributed by atoms with Crippen LogP contribution in [0.2, 0.25) is 0 Å². The summed E-state index contributed by atoms with van der Waals surface area (Å²) >= 11 is 0. The Balaban J connectivity index is 0.00000312. The first-order chi connectivity index (χ1) is 11.6. The highest BCUT2D eigenvalue weighted by molar-refractivity contribution is 5.94. The zero-order valence-corrected chi connectivity index (χ0v) is 15.7. The zero-order valence-electron chi connectivity index (χ0n) is 14.9. The molecule has 3 N–H and O–H groups in total.